The lowest BCUT2D eigenvalue weighted by atomic mass is 10.2. The lowest BCUT2D eigenvalue weighted by Gasteiger charge is -2.18. The second kappa shape index (κ2) is 7.59. The van der Waals surface area contributed by atoms with Gasteiger partial charge in [0.25, 0.3) is 0 Å². The molecule has 0 atom stereocenters. The molecule has 0 aliphatic carbocycles. The van der Waals surface area contributed by atoms with Crippen LogP contribution in [0.25, 0.3) is 0 Å². The summed E-state index contributed by atoms with van der Waals surface area (Å²) in [7, 11) is 0. The monoisotopic (exact) mass is 308 g/mol. The van der Waals surface area contributed by atoms with Gasteiger partial charge >= 0.3 is 12.3 Å². The van der Waals surface area contributed by atoms with Crippen LogP contribution in [-0.4, -0.2) is 30.5 Å². The molecule has 0 bridgehead atoms. The summed E-state index contributed by atoms with van der Waals surface area (Å²) >= 11 is 0. The summed E-state index contributed by atoms with van der Waals surface area (Å²) in [6, 6.07) is 1.47. The Morgan fingerprint density at radius 3 is 2.57 bits per heavy atom. The number of hydrogen-bond acceptors (Lipinski definition) is 3. The van der Waals surface area contributed by atoms with E-state index in [1.165, 1.54) is 12.3 Å². The van der Waals surface area contributed by atoms with Crippen LogP contribution >= 0.6 is 0 Å². The van der Waals surface area contributed by atoms with Gasteiger partial charge in [-0.25, -0.2) is 8.78 Å². The Labute approximate surface area is 121 Å². The fourth-order valence-corrected chi connectivity index (χ4v) is 1.56. The van der Waals surface area contributed by atoms with Crippen LogP contribution in [0.3, 0.4) is 0 Å². The maximum atomic E-state index is 12.9. The molecule has 120 valence electrons. The lowest BCUT2D eigenvalue weighted by molar-refractivity contribution is -0.148. The van der Waals surface area contributed by atoms with Gasteiger partial charge in [-0.3, -0.25) is 4.98 Å². The number of ether oxygens (including phenoxy) is 1. The van der Waals surface area contributed by atoms with Gasteiger partial charge in [-0.2, -0.15) is 8.78 Å². The van der Waals surface area contributed by atoms with Crippen molar-refractivity contribution in [1.82, 2.24) is 10.3 Å². The maximum absolute atomic E-state index is 12.9. The van der Waals surface area contributed by atoms with Gasteiger partial charge < -0.3 is 10.1 Å². The van der Waals surface area contributed by atoms with E-state index in [0.717, 1.165) is 6.54 Å². The van der Waals surface area contributed by atoms with E-state index in [2.05, 4.69) is 10.3 Å². The summed E-state index contributed by atoms with van der Waals surface area (Å²) in [6.45, 7) is 5.48. The predicted molar refractivity (Wildman–Crippen MR) is 72.0 cm³/mol. The zero-order valence-electron chi connectivity index (χ0n) is 12.3. The number of aromatic nitrogens is 1. The zero-order chi connectivity index (χ0) is 16.0. The number of aryl methyl sites for hydroxylation is 1. The number of rotatable bonds is 8. The van der Waals surface area contributed by atoms with Crippen molar-refractivity contribution < 1.29 is 22.3 Å². The molecule has 1 rings (SSSR count). The van der Waals surface area contributed by atoms with Gasteiger partial charge in [-0.05, 0) is 19.4 Å². The molecule has 0 radical (unpaired) electrons. The second-order valence-corrected chi connectivity index (χ2v) is 5.31. The number of hydrogen-bond donors (Lipinski definition) is 1. The molecular weight excluding hydrogens is 288 g/mol. The van der Waals surface area contributed by atoms with Crippen LogP contribution in [0.1, 0.15) is 25.1 Å². The fourth-order valence-electron chi connectivity index (χ4n) is 1.56. The van der Waals surface area contributed by atoms with Crippen LogP contribution in [0.4, 0.5) is 17.6 Å². The molecule has 0 saturated heterocycles. The van der Waals surface area contributed by atoms with Crippen LogP contribution in [0, 0.1) is 12.8 Å². The van der Waals surface area contributed by atoms with E-state index in [9.17, 15) is 17.6 Å². The van der Waals surface area contributed by atoms with E-state index in [4.69, 9.17) is 4.74 Å². The van der Waals surface area contributed by atoms with Crippen molar-refractivity contribution in [3.05, 3.63) is 23.5 Å². The van der Waals surface area contributed by atoms with Crippen LogP contribution in [-0.2, 0) is 6.54 Å². The highest BCUT2D eigenvalue weighted by molar-refractivity contribution is 5.32. The predicted octanol–water partition coefficient (Wildman–Crippen LogP) is 3.41. The first-order valence-corrected chi connectivity index (χ1v) is 6.67. The summed E-state index contributed by atoms with van der Waals surface area (Å²) in [6.07, 6.45) is -2.25. The van der Waals surface area contributed by atoms with E-state index in [1.54, 1.807) is 6.92 Å². The van der Waals surface area contributed by atoms with Crippen LogP contribution in [0.5, 0.6) is 5.75 Å². The van der Waals surface area contributed by atoms with Crippen molar-refractivity contribution in [1.29, 1.82) is 0 Å². The third-order valence-corrected chi connectivity index (χ3v) is 2.69. The summed E-state index contributed by atoms with van der Waals surface area (Å²) in [5, 5.41) is 3.13. The molecule has 0 fully saturated rings. The average molecular weight is 308 g/mol. The average Bonchev–Trinajstić information content (AvgIpc) is 2.38. The highest BCUT2D eigenvalue weighted by Gasteiger charge is 2.41. The minimum absolute atomic E-state index is 0.152. The lowest BCUT2D eigenvalue weighted by Crippen LogP contribution is -2.34. The van der Waals surface area contributed by atoms with Crippen molar-refractivity contribution in [3.8, 4) is 5.75 Å². The first-order chi connectivity index (χ1) is 9.72. The van der Waals surface area contributed by atoms with Crippen LogP contribution in [0.15, 0.2) is 12.3 Å². The van der Waals surface area contributed by atoms with Crippen LogP contribution in [0.2, 0.25) is 0 Å². The van der Waals surface area contributed by atoms with E-state index in [1.807, 2.05) is 13.8 Å². The van der Waals surface area contributed by atoms with Gasteiger partial charge in [0, 0.05) is 30.1 Å². The molecular formula is C14H20F4N2O. The Morgan fingerprint density at radius 2 is 2.00 bits per heavy atom. The number of alkyl halides is 4. The van der Waals surface area contributed by atoms with Gasteiger partial charge in [0.2, 0.25) is 0 Å². The normalized spacial score (nSPS) is 12.2. The van der Waals surface area contributed by atoms with Gasteiger partial charge in [-0.1, -0.05) is 13.8 Å². The van der Waals surface area contributed by atoms with Gasteiger partial charge in [-0.15, -0.1) is 0 Å². The van der Waals surface area contributed by atoms with Gasteiger partial charge in [0.1, 0.15) is 5.75 Å². The van der Waals surface area contributed by atoms with Crippen LogP contribution < -0.4 is 10.1 Å². The van der Waals surface area contributed by atoms with E-state index >= 15 is 0 Å². The van der Waals surface area contributed by atoms with E-state index in [0.29, 0.717) is 23.7 Å². The standard InChI is InChI=1S/C14H20F4N2O/c1-9(2)5-19-6-11-7-20-10(3)4-12(11)21-8-14(17,18)13(15)16/h4,7,9,13,19H,5-6,8H2,1-3H3. The Kier molecular flexibility index (Phi) is 6.39. The molecule has 1 N–H and O–H groups in total. The molecule has 1 aromatic heterocycles. The molecule has 1 aromatic rings. The summed E-state index contributed by atoms with van der Waals surface area (Å²) in [5.74, 6) is -3.59. The van der Waals surface area contributed by atoms with Crippen molar-refractivity contribution in [2.24, 2.45) is 5.92 Å². The molecule has 0 unspecified atom stereocenters. The zero-order valence-corrected chi connectivity index (χ0v) is 12.3. The van der Waals surface area contributed by atoms with Crippen molar-refractivity contribution in [2.45, 2.75) is 39.7 Å². The minimum atomic E-state index is -4.17. The van der Waals surface area contributed by atoms with Crippen molar-refractivity contribution in [2.75, 3.05) is 13.2 Å². The smallest absolute Gasteiger partial charge is 0.340 e. The van der Waals surface area contributed by atoms with Crippen molar-refractivity contribution >= 4 is 0 Å². The highest BCUT2D eigenvalue weighted by atomic mass is 19.3. The molecule has 7 heteroatoms. The Morgan fingerprint density at radius 1 is 1.33 bits per heavy atom. The van der Waals surface area contributed by atoms with Gasteiger partial charge in [0.05, 0.1) is 0 Å². The third kappa shape index (κ3) is 5.87. The molecule has 1 heterocycles. The Balaban J connectivity index is 2.73. The third-order valence-electron chi connectivity index (χ3n) is 2.69. The van der Waals surface area contributed by atoms with Crippen molar-refractivity contribution in [3.63, 3.8) is 0 Å². The molecule has 0 amide bonds. The number of halogens is 4. The topological polar surface area (TPSA) is 34.1 Å². The largest absolute Gasteiger partial charge is 0.487 e. The minimum Gasteiger partial charge on any atom is -0.487 e. The Bertz CT molecular complexity index is 453. The van der Waals surface area contributed by atoms with Gasteiger partial charge in [0.15, 0.2) is 6.61 Å². The first-order valence-electron chi connectivity index (χ1n) is 6.67. The summed E-state index contributed by atoms with van der Waals surface area (Å²) < 4.78 is 55.0. The molecule has 0 aliphatic heterocycles. The second-order valence-electron chi connectivity index (χ2n) is 5.31. The number of pyridine rings is 1. The fraction of sp³-hybridized carbons (Fsp3) is 0.643. The molecule has 3 nitrogen and oxygen atoms in total. The SMILES string of the molecule is Cc1cc(OCC(F)(F)C(F)F)c(CNCC(C)C)cn1. The summed E-state index contributed by atoms with van der Waals surface area (Å²) in [4.78, 5) is 4.06. The van der Waals surface area contributed by atoms with E-state index < -0.39 is 19.0 Å². The summed E-state index contributed by atoms with van der Waals surface area (Å²) in [5.41, 5.74) is 1.13. The molecule has 21 heavy (non-hydrogen) atoms. The first kappa shape index (κ1) is 17.7. The maximum Gasteiger partial charge on any atom is 0.340 e. The van der Waals surface area contributed by atoms with E-state index in [-0.39, 0.29) is 5.75 Å². The molecule has 0 saturated carbocycles. The quantitative estimate of drug-likeness (QED) is 0.747. The molecule has 0 spiro atoms. The molecule has 0 aliphatic rings. The number of nitrogens with zero attached hydrogens (tertiary/aromatic N) is 1. The number of nitrogens with one attached hydrogen (secondary N) is 1. The highest BCUT2D eigenvalue weighted by Crippen LogP contribution is 2.26. The Hall–Kier alpha value is -1.37. The molecule has 0 aromatic carbocycles.